The minimum absolute atomic E-state index is 0.00225. The summed E-state index contributed by atoms with van der Waals surface area (Å²) in [6, 6.07) is 13.5. The van der Waals surface area contributed by atoms with E-state index < -0.39 is 29.6 Å². The minimum Gasteiger partial charge on any atom is -0.478 e. The third-order valence-corrected chi connectivity index (χ3v) is 8.56. The van der Waals surface area contributed by atoms with Crippen molar-refractivity contribution in [2.24, 2.45) is 0 Å². The summed E-state index contributed by atoms with van der Waals surface area (Å²) < 4.78 is 16.5. The van der Waals surface area contributed by atoms with Crippen molar-refractivity contribution in [2.45, 2.75) is 12.5 Å². The fourth-order valence-corrected chi connectivity index (χ4v) is 6.02. The number of hydrogen-bond donors (Lipinski definition) is 2. The molecule has 1 saturated heterocycles. The quantitative estimate of drug-likeness (QED) is 0.289. The van der Waals surface area contributed by atoms with E-state index in [0.717, 1.165) is 37.4 Å². The smallest absolute Gasteiger partial charge is 0.335 e. The van der Waals surface area contributed by atoms with Gasteiger partial charge in [0.05, 0.1) is 16.3 Å². The topological polar surface area (TPSA) is 137 Å². The summed E-state index contributed by atoms with van der Waals surface area (Å²) in [5, 5.41) is 23.0. The molecule has 3 heterocycles. The van der Waals surface area contributed by atoms with Gasteiger partial charge in [0.25, 0.3) is 5.91 Å². The van der Waals surface area contributed by atoms with E-state index in [9.17, 15) is 19.5 Å². The Morgan fingerprint density at radius 3 is 2.46 bits per heavy atom. The number of carbonyl (C=O) groups is 3. The molecule has 4 aromatic rings. The number of anilines is 2. The third-order valence-electron chi connectivity index (χ3n) is 8.27. The van der Waals surface area contributed by atoms with Crippen LogP contribution in [0.25, 0.3) is 11.8 Å². The first-order chi connectivity index (χ1) is 22.2. The van der Waals surface area contributed by atoms with Gasteiger partial charge in [-0.2, -0.15) is 4.68 Å². The Balaban J connectivity index is 1.35. The van der Waals surface area contributed by atoms with Crippen LogP contribution >= 0.6 is 11.6 Å². The molecule has 0 saturated carbocycles. The Hall–Kier alpha value is -5.14. The molecule has 0 unspecified atom stereocenters. The molecule has 12 nitrogen and oxygen atoms in total. The molecule has 14 heteroatoms. The second-order valence-electron chi connectivity index (χ2n) is 11.1. The summed E-state index contributed by atoms with van der Waals surface area (Å²) in [5.74, 6) is -2.82. The summed E-state index contributed by atoms with van der Waals surface area (Å²) in [4.78, 5) is 45.2. The predicted octanol–water partition coefficient (Wildman–Crippen LogP) is 3.68. The number of fused-ring (bicyclic) bond motifs is 1. The average Bonchev–Trinajstić information content (AvgIpc) is 3.60. The Labute approximate surface area is 268 Å². The van der Waals surface area contributed by atoms with E-state index in [4.69, 9.17) is 11.6 Å². The van der Waals surface area contributed by atoms with Gasteiger partial charge < -0.3 is 25.1 Å². The molecule has 0 bridgehead atoms. The van der Waals surface area contributed by atoms with Gasteiger partial charge in [-0.05, 0) is 83.6 Å². The van der Waals surface area contributed by atoms with E-state index in [1.807, 2.05) is 18.2 Å². The zero-order valence-electron chi connectivity index (χ0n) is 24.8. The molecular formula is C32H30ClFN8O4. The first-order valence-corrected chi connectivity index (χ1v) is 15.0. The Bertz CT molecular complexity index is 1810. The number of carboxylic acid groups (broad SMARTS) is 1. The number of piperazine rings is 1. The number of aromatic nitrogens is 4. The van der Waals surface area contributed by atoms with Crippen LogP contribution in [0.3, 0.4) is 0 Å². The van der Waals surface area contributed by atoms with Gasteiger partial charge in [0.2, 0.25) is 5.91 Å². The number of aromatic carboxylic acids is 1. The van der Waals surface area contributed by atoms with Crippen LogP contribution in [0.1, 0.15) is 33.1 Å². The standard InChI is InChI=1S/C32H30ClFN8O4/c1-39-15-17-40(18-16-39)26-4-2-3-23-22(26)13-14-41(30(23)31(44)36-21-7-5-20(6-8-21)32(45)46)28(43)12-9-24-27(42-19-35-37-38-42)11-10-25(33)29(24)34/h2-12,19,30H,13-18H2,1H3,(H,36,44)(H,45,46)/b12-9+/t30-/m1/s1. The van der Waals surface area contributed by atoms with Crippen molar-refractivity contribution in [2.75, 3.05) is 50.0 Å². The molecule has 2 aliphatic rings. The number of nitrogens with one attached hydrogen (secondary N) is 1. The molecule has 2 amide bonds. The van der Waals surface area contributed by atoms with Crippen LogP contribution in [-0.2, 0) is 16.0 Å². The summed E-state index contributed by atoms with van der Waals surface area (Å²) in [5.41, 5.74) is 3.44. The van der Waals surface area contributed by atoms with Crippen LogP contribution < -0.4 is 10.2 Å². The fourth-order valence-electron chi connectivity index (χ4n) is 5.86. The molecule has 2 aliphatic heterocycles. The van der Waals surface area contributed by atoms with Crippen molar-refractivity contribution in [1.29, 1.82) is 0 Å². The highest BCUT2D eigenvalue weighted by atomic mass is 35.5. The number of amides is 2. The highest BCUT2D eigenvalue weighted by Gasteiger charge is 2.37. The van der Waals surface area contributed by atoms with Crippen molar-refractivity contribution >= 4 is 46.8 Å². The average molecular weight is 645 g/mol. The van der Waals surface area contributed by atoms with Crippen LogP contribution in [0.2, 0.25) is 5.02 Å². The highest BCUT2D eigenvalue weighted by molar-refractivity contribution is 6.31. The van der Waals surface area contributed by atoms with Gasteiger partial charge in [0.15, 0.2) is 5.82 Å². The van der Waals surface area contributed by atoms with Gasteiger partial charge in [0.1, 0.15) is 12.4 Å². The predicted molar refractivity (Wildman–Crippen MR) is 169 cm³/mol. The lowest BCUT2D eigenvalue weighted by atomic mass is 9.89. The van der Waals surface area contributed by atoms with Crippen LogP contribution in [0, 0.1) is 5.82 Å². The number of halogens is 2. The molecule has 1 aromatic heterocycles. The van der Waals surface area contributed by atoms with E-state index in [0.29, 0.717) is 17.7 Å². The molecule has 3 aromatic carbocycles. The number of rotatable bonds is 7. The first kappa shape index (κ1) is 30.9. The normalized spacial score (nSPS) is 16.8. The van der Waals surface area contributed by atoms with Crippen molar-refractivity contribution in [3.63, 3.8) is 0 Å². The SMILES string of the molecule is CN1CCN(c2cccc3c2CCN(C(=O)/C=C/c2c(-n4cnnn4)ccc(Cl)c2F)[C@H]3C(=O)Nc2ccc(C(=O)O)cc2)CC1. The summed E-state index contributed by atoms with van der Waals surface area (Å²) in [6.45, 7) is 3.71. The van der Waals surface area contributed by atoms with Gasteiger partial charge in [-0.15, -0.1) is 5.10 Å². The molecule has 2 N–H and O–H groups in total. The van der Waals surface area contributed by atoms with Crippen molar-refractivity contribution < 1.29 is 23.9 Å². The van der Waals surface area contributed by atoms with E-state index in [2.05, 4.69) is 37.7 Å². The number of tetrazole rings is 1. The van der Waals surface area contributed by atoms with Crippen molar-refractivity contribution in [3.8, 4) is 5.69 Å². The molecular weight excluding hydrogens is 615 g/mol. The summed E-state index contributed by atoms with van der Waals surface area (Å²) in [7, 11) is 2.08. The van der Waals surface area contributed by atoms with Gasteiger partial charge in [-0.25, -0.2) is 9.18 Å². The fraction of sp³-hybridized carbons (Fsp3) is 0.250. The Kier molecular flexibility index (Phi) is 8.77. The van der Waals surface area contributed by atoms with Crippen LogP contribution in [0.4, 0.5) is 15.8 Å². The maximum Gasteiger partial charge on any atom is 0.335 e. The van der Waals surface area contributed by atoms with Crippen molar-refractivity contribution in [1.82, 2.24) is 30.0 Å². The Morgan fingerprint density at radius 2 is 1.76 bits per heavy atom. The van der Waals surface area contributed by atoms with E-state index in [-0.39, 0.29) is 28.4 Å². The van der Waals surface area contributed by atoms with E-state index in [1.165, 1.54) is 64.5 Å². The molecule has 0 radical (unpaired) electrons. The maximum atomic E-state index is 15.2. The van der Waals surface area contributed by atoms with Gasteiger partial charge in [0, 0.05) is 55.7 Å². The van der Waals surface area contributed by atoms with Crippen molar-refractivity contribution in [3.05, 3.63) is 100 Å². The highest BCUT2D eigenvalue weighted by Crippen LogP contribution is 2.37. The summed E-state index contributed by atoms with van der Waals surface area (Å²) >= 11 is 6.07. The monoisotopic (exact) mass is 644 g/mol. The van der Waals surface area contributed by atoms with Crippen LogP contribution in [0.15, 0.2) is 67.0 Å². The van der Waals surface area contributed by atoms with Gasteiger partial charge in [-0.3, -0.25) is 9.59 Å². The zero-order valence-corrected chi connectivity index (χ0v) is 25.6. The number of benzene rings is 3. The van der Waals surface area contributed by atoms with Crippen LogP contribution in [-0.4, -0.2) is 92.7 Å². The molecule has 236 valence electrons. The largest absolute Gasteiger partial charge is 0.478 e. The second kappa shape index (κ2) is 13.1. The minimum atomic E-state index is -1.08. The number of carboxylic acids is 1. The van der Waals surface area contributed by atoms with E-state index >= 15 is 4.39 Å². The third kappa shape index (κ3) is 6.19. The number of hydrogen-bond acceptors (Lipinski definition) is 8. The zero-order chi connectivity index (χ0) is 32.4. The lowest BCUT2D eigenvalue weighted by molar-refractivity contribution is -0.135. The first-order valence-electron chi connectivity index (χ1n) is 14.6. The van der Waals surface area contributed by atoms with Crippen LogP contribution in [0.5, 0.6) is 0 Å². The van der Waals surface area contributed by atoms with E-state index in [1.54, 1.807) is 0 Å². The maximum absolute atomic E-state index is 15.2. The lowest BCUT2D eigenvalue weighted by Gasteiger charge is -2.40. The molecule has 0 spiro atoms. The molecule has 1 fully saturated rings. The number of carbonyl (C=O) groups excluding carboxylic acids is 2. The molecule has 46 heavy (non-hydrogen) atoms. The summed E-state index contributed by atoms with van der Waals surface area (Å²) in [6.07, 6.45) is 4.32. The molecule has 0 aliphatic carbocycles. The lowest BCUT2D eigenvalue weighted by Crippen LogP contribution is -2.47. The molecule has 6 rings (SSSR count). The number of nitrogens with zero attached hydrogens (tertiary/aromatic N) is 7. The Morgan fingerprint density at radius 1 is 1.00 bits per heavy atom. The molecule has 1 atom stereocenters. The second-order valence-corrected chi connectivity index (χ2v) is 11.5. The van der Waals surface area contributed by atoms with Gasteiger partial charge >= 0.3 is 5.97 Å². The number of likely N-dealkylation sites (N-methyl/N-ethyl adjacent to an activating group) is 1. The van der Waals surface area contributed by atoms with Gasteiger partial charge in [-0.1, -0.05) is 23.7 Å².